The van der Waals surface area contributed by atoms with Crippen LogP contribution in [-0.4, -0.2) is 37.7 Å². The Kier molecular flexibility index (Phi) is 7.27. The first-order valence-corrected chi connectivity index (χ1v) is 9.73. The summed E-state index contributed by atoms with van der Waals surface area (Å²) in [5, 5.41) is 0.756. The van der Waals surface area contributed by atoms with Gasteiger partial charge in [-0.3, -0.25) is 4.90 Å². The van der Waals surface area contributed by atoms with Crippen LogP contribution in [0, 0.1) is 5.92 Å². The number of benzene rings is 2. The molecule has 144 valence electrons. The third-order valence-electron chi connectivity index (χ3n) is 5.02. The predicted octanol–water partition coefficient (Wildman–Crippen LogP) is 4.56. The van der Waals surface area contributed by atoms with Gasteiger partial charge in [0.2, 0.25) is 0 Å². The number of hydrogen-bond donors (Lipinski definition) is 0. The van der Waals surface area contributed by atoms with Gasteiger partial charge in [0.25, 0.3) is 0 Å². The van der Waals surface area contributed by atoms with Gasteiger partial charge in [-0.1, -0.05) is 35.9 Å². The highest BCUT2D eigenvalue weighted by Gasteiger charge is 2.19. The molecule has 3 rings (SSSR count). The molecule has 0 spiro atoms. The van der Waals surface area contributed by atoms with Gasteiger partial charge in [0.15, 0.2) is 0 Å². The molecule has 1 heterocycles. The molecule has 0 aromatic heterocycles. The summed E-state index contributed by atoms with van der Waals surface area (Å²) in [5.74, 6) is 0.330. The van der Waals surface area contributed by atoms with Crippen LogP contribution in [0.1, 0.15) is 34.3 Å². The second-order valence-electron chi connectivity index (χ2n) is 7.05. The van der Waals surface area contributed by atoms with Gasteiger partial charge in [-0.25, -0.2) is 4.79 Å². The van der Waals surface area contributed by atoms with Crippen molar-refractivity contribution < 1.29 is 14.3 Å². The third-order valence-corrected chi connectivity index (χ3v) is 5.28. The molecule has 1 aliphatic rings. The van der Waals surface area contributed by atoms with Gasteiger partial charge >= 0.3 is 5.97 Å². The summed E-state index contributed by atoms with van der Waals surface area (Å²) in [6, 6.07) is 15.5. The molecule has 2 aromatic rings. The monoisotopic (exact) mass is 387 g/mol. The maximum Gasteiger partial charge on any atom is 0.337 e. The number of halogens is 1. The van der Waals surface area contributed by atoms with Crippen LogP contribution in [0.2, 0.25) is 5.02 Å². The first kappa shape index (κ1) is 19.9. The van der Waals surface area contributed by atoms with E-state index in [1.807, 2.05) is 48.5 Å². The molecular formula is C22H26ClNO3. The Bertz CT molecular complexity index is 722. The van der Waals surface area contributed by atoms with Crippen molar-refractivity contribution in [3.8, 4) is 0 Å². The molecule has 0 bridgehead atoms. The molecule has 0 unspecified atom stereocenters. The Labute approximate surface area is 166 Å². The lowest BCUT2D eigenvalue weighted by Gasteiger charge is -2.31. The molecular weight excluding hydrogens is 362 g/mol. The molecule has 0 radical (unpaired) electrons. The summed E-state index contributed by atoms with van der Waals surface area (Å²) in [4.78, 5) is 14.0. The van der Waals surface area contributed by atoms with E-state index < -0.39 is 0 Å². The van der Waals surface area contributed by atoms with Crippen molar-refractivity contribution in [2.45, 2.75) is 26.0 Å². The first-order valence-electron chi connectivity index (χ1n) is 9.36. The van der Waals surface area contributed by atoms with E-state index in [2.05, 4.69) is 4.90 Å². The van der Waals surface area contributed by atoms with E-state index in [0.29, 0.717) is 18.1 Å². The predicted molar refractivity (Wildman–Crippen MR) is 107 cm³/mol. The fraction of sp³-hybridized carbons (Fsp3) is 0.409. The minimum Gasteiger partial charge on any atom is -0.465 e. The van der Waals surface area contributed by atoms with Crippen molar-refractivity contribution >= 4 is 17.6 Å². The number of ether oxygens (including phenoxy) is 2. The number of likely N-dealkylation sites (tertiary alicyclic amines) is 1. The summed E-state index contributed by atoms with van der Waals surface area (Å²) in [6.45, 7) is 4.52. The van der Waals surface area contributed by atoms with Crippen molar-refractivity contribution in [3.63, 3.8) is 0 Å². The largest absolute Gasteiger partial charge is 0.465 e. The quantitative estimate of drug-likeness (QED) is 0.653. The maximum atomic E-state index is 11.5. The van der Waals surface area contributed by atoms with Crippen LogP contribution in [0.3, 0.4) is 0 Å². The third kappa shape index (κ3) is 6.06. The van der Waals surface area contributed by atoms with Gasteiger partial charge in [0, 0.05) is 18.2 Å². The minimum absolute atomic E-state index is 0.291. The van der Waals surface area contributed by atoms with Gasteiger partial charge in [0.1, 0.15) is 0 Å². The second-order valence-corrected chi connectivity index (χ2v) is 7.49. The van der Waals surface area contributed by atoms with Crippen molar-refractivity contribution in [3.05, 3.63) is 70.2 Å². The van der Waals surface area contributed by atoms with Crippen LogP contribution in [0.5, 0.6) is 0 Å². The number of piperidine rings is 1. The zero-order valence-corrected chi connectivity index (χ0v) is 16.5. The smallest absolute Gasteiger partial charge is 0.337 e. The number of hydrogen-bond acceptors (Lipinski definition) is 4. The Morgan fingerprint density at radius 3 is 2.30 bits per heavy atom. The van der Waals surface area contributed by atoms with Crippen LogP contribution in [0.15, 0.2) is 48.5 Å². The Balaban J connectivity index is 1.37. The van der Waals surface area contributed by atoms with Crippen molar-refractivity contribution in [2.24, 2.45) is 5.92 Å². The lowest BCUT2D eigenvalue weighted by atomic mass is 9.97. The molecule has 1 aliphatic heterocycles. The highest BCUT2D eigenvalue weighted by Crippen LogP contribution is 2.20. The van der Waals surface area contributed by atoms with E-state index >= 15 is 0 Å². The second kappa shape index (κ2) is 9.88. The topological polar surface area (TPSA) is 38.8 Å². The summed E-state index contributed by atoms with van der Waals surface area (Å²) < 4.78 is 10.6. The first-order chi connectivity index (χ1) is 13.1. The highest BCUT2D eigenvalue weighted by molar-refractivity contribution is 6.30. The maximum absolute atomic E-state index is 11.5. The fourth-order valence-corrected chi connectivity index (χ4v) is 3.48. The number of carbonyl (C=O) groups is 1. The highest BCUT2D eigenvalue weighted by atomic mass is 35.5. The van der Waals surface area contributed by atoms with E-state index in [0.717, 1.165) is 49.7 Å². The fourth-order valence-electron chi connectivity index (χ4n) is 3.36. The van der Waals surface area contributed by atoms with Crippen molar-refractivity contribution in [1.82, 2.24) is 4.90 Å². The number of nitrogens with zero attached hydrogens (tertiary/aromatic N) is 1. The lowest BCUT2D eigenvalue weighted by Crippen LogP contribution is -2.34. The van der Waals surface area contributed by atoms with E-state index in [-0.39, 0.29) is 5.97 Å². The van der Waals surface area contributed by atoms with Gasteiger partial charge in [0.05, 0.1) is 19.3 Å². The van der Waals surface area contributed by atoms with Crippen molar-refractivity contribution in [2.75, 3.05) is 26.8 Å². The molecule has 2 aromatic carbocycles. The van der Waals surface area contributed by atoms with Crippen LogP contribution in [0.25, 0.3) is 0 Å². The molecule has 0 aliphatic carbocycles. The zero-order chi connectivity index (χ0) is 19.1. The van der Waals surface area contributed by atoms with Crippen molar-refractivity contribution in [1.29, 1.82) is 0 Å². The van der Waals surface area contributed by atoms with E-state index in [4.69, 9.17) is 21.1 Å². The number of carbonyl (C=O) groups excluding carboxylic acids is 1. The van der Waals surface area contributed by atoms with E-state index in [1.165, 1.54) is 12.7 Å². The van der Waals surface area contributed by atoms with Gasteiger partial charge in [-0.2, -0.15) is 0 Å². The van der Waals surface area contributed by atoms with Crippen LogP contribution in [0.4, 0.5) is 0 Å². The minimum atomic E-state index is -0.291. The molecule has 0 N–H and O–H groups in total. The summed E-state index contributed by atoms with van der Waals surface area (Å²) in [5.41, 5.74) is 2.98. The molecule has 1 fully saturated rings. The summed E-state index contributed by atoms with van der Waals surface area (Å²) in [6.07, 6.45) is 2.31. The molecule has 27 heavy (non-hydrogen) atoms. The van der Waals surface area contributed by atoms with Crippen LogP contribution < -0.4 is 0 Å². The number of esters is 1. The van der Waals surface area contributed by atoms with Gasteiger partial charge in [-0.15, -0.1) is 0 Å². The summed E-state index contributed by atoms with van der Waals surface area (Å²) in [7, 11) is 1.40. The van der Waals surface area contributed by atoms with E-state index in [1.54, 1.807) is 0 Å². The Morgan fingerprint density at radius 2 is 1.67 bits per heavy atom. The number of rotatable bonds is 7. The molecule has 5 heteroatoms. The zero-order valence-electron chi connectivity index (χ0n) is 15.7. The number of methoxy groups -OCH3 is 1. The molecule has 0 saturated carbocycles. The van der Waals surface area contributed by atoms with Crippen LogP contribution in [-0.2, 0) is 22.6 Å². The van der Waals surface area contributed by atoms with E-state index in [9.17, 15) is 4.79 Å². The standard InChI is InChI=1S/C22H26ClNO3/c1-26-22(25)20-6-2-17(3-7-20)14-24-12-10-19(11-13-24)16-27-15-18-4-8-21(23)9-5-18/h2-9,19H,10-16H2,1H3. The average Bonchev–Trinajstić information content (AvgIpc) is 2.71. The van der Waals surface area contributed by atoms with Crippen LogP contribution >= 0.6 is 11.6 Å². The molecule has 1 saturated heterocycles. The van der Waals surface area contributed by atoms with Gasteiger partial charge in [-0.05, 0) is 67.2 Å². The average molecular weight is 388 g/mol. The SMILES string of the molecule is COC(=O)c1ccc(CN2CCC(COCc3ccc(Cl)cc3)CC2)cc1. The normalized spacial score (nSPS) is 15.6. The Morgan fingerprint density at radius 1 is 1.04 bits per heavy atom. The van der Waals surface area contributed by atoms with Gasteiger partial charge < -0.3 is 9.47 Å². The molecule has 4 nitrogen and oxygen atoms in total. The molecule has 0 atom stereocenters. The lowest BCUT2D eigenvalue weighted by molar-refractivity contribution is 0.0562. The molecule has 0 amide bonds. The Hall–Kier alpha value is -1.88. The summed E-state index contributed by atoms with van der Waals surface area (Å²) >= 11 is 5.90.